The van der Waals surface area contributed by atoms with E-state index in [2.05, 4.69) is 53.6 Å². The highest BCUT2D eigenvalue weighted by molar-refractivity contribution is 7.99. The van der Waals surface area contributed by atoms with E-state index in [1.165, 1.54) is 17.3 Å². The van der Waals surface area contributed by atoms with Crippen LogP contribution in [0.5, 0.6) is 0 Å². The topological polar surface area (TPSA) is 62.7 Å². The predicted octanol–water partition coefficient (Wildman–Crippen LogP) is 2.80. The average molecular weight is 306 g/mol. The molecular weight excluding hydrogens is 284 g/mol. The molecule has 2 N–H and O–H groups in total. The van der Waals surface area contributed by atoms with Crippen molar-refractivity contribution in [3.05, 3.63) is 40.3 Å². The van der Waals surface area contributed by atoms with Gasteiger partial charge in [0.2, 0.25) is 0 Å². The van der Waals surface area contributed by atoms with E-state index in [0.717, 1.165) is 17.9 Å². The van der Waals surface area contributed by atoms with Crippen LogP contribution in [0.2, 0.25) is 0 Å². The fraction of sp³-hybridized carbons (Fsp3) is 0.467. The first-order valence-electron chi connectivity index (χ1n) is 7.35. The van der Waals surface area contributed by atoms with Gasteiger partial charge in [-0.2, -0.15) is 0 Å². The molecule has 0 spiro atoms. The molecule has 1 atom stereocenters. The fourth-order valence-corrected chi connectivity index (χ4v) is 3.17. The molecule has 0 radical (unpaired) electrons. The maximum atomic E-state index is 11.5. The van der Waals surface area contributed by atoms with Crippen molar-refractivity contribution in [3.8, 4) is 0 Å². The third kappa shape index (κ3) is 3.77. The molecule has 21 heavy (non-hydrogen) atoms. The average Bonchev–Trinajstić information content (AvgIpc) is 2.85. The third-order valence-corrected chi connectivity index (χ3v) is 4.39. The summed E-state index contributed by atoms with van der Waals surface area (Å²) < 4.78 is 1.63. The van der Waals surface area contributed by atoms with Gasteiger partial charge >= 0.3 is 5.69 Å². The lowest BCUT2D eigenvalue weighted by Crippen LogP contribution is -2.19. The van der Waals surface area contributed by atoms with Gasteiger partial charge in [-0.1, -0.05) is 26.0 Å². The number of H-pyrrole nitrogens is 1. The number of rotatable bonds is 7. The minimum absolute atomic E-state index is 0.158. The maximum absolute atomic E-state index is 11.5. The maximum Gasteiger partial charge on any atom is 0.343 e. The second-order valence-electron chi connectivity index (χ2n) is 4.75. The number of nitrogens with one attached hydrogen (secondary N) is 2. The molecule has 0 fully saturated rings. The standard InChI is InChI=1S/C15H22N4OS/c1-4-13(16-5-2)11-7-9-12(10-8-11)21-15-18-17-14(20)19(15)6-3/h7-10,13,16H,4-6H2,1-3H3,(H,17,20). The Morgan fingerprint density at radius 2 is 2.00 bits per heavy atom. The normalized spacial score (nSPS) is 12.5. The minimum atomic E-state index is -0.158. The third-order valence-electron chi connectivity index (χ3n) is 3.39. The van der Waals surface area contributed by atoms with Crippen molar-refractivity contribution in [2.45, 2.75) is 49.8 Å². The summed E-state index contributed by atoms with van der Waals surface area (Å²) >= 11 is 1.50. The second-order valence-corrected chi connectivity index (χ2v) is 5.79. The van der Waals surface area contributed by atoms with Gasteiger partial charge in [0.1, 0.15) is 0 Å². The van der Waals surface area contributed by atoms with Crippen LogP contribution in [0.4, 0.5) is 0 Å². The first kappa shape index (κ1) is 15.9. The zero-order chi connectivity index (χ0) is 15.2. The SMILES string of the molecule is CCNC(CC)c1ccc(Sc2n[nH]c(=O)n2CC)cc1. The summed E-state index contributed by atoms with van der Waals surface area (Å²) in [6, 6.07) is 8.84. The predicted molar refractivity (Wildman–Crippen MR) is 85.8 cm³/mol. The van der Waals surface area contributed by atoms with Crippen LogP contribution < -0.4 is 11.0 Å². The van der Waals surface area contributed by atoms with Gasteiger partial charge in [0, 0.05) is 17.5 Å². The fourth-order valence-electron chi connectivity index (χ4n) is 2.28. The van der Waals surface area contributed by atoms with E-state index < -0.39 is 0 Å². The zero-order valence-corrected chi connectivity index (χ0v) is 13.5. The van der Waals surface area contributed by atoms with Crippen LogP contribution in [0.1, 0.15) is 38.8 Å². The summed E-state index contributed by atoms with van der Waals surface area (Å²) in [5.74, 6) is 0. The van der Waals surface area contributed by atoms with Gasteiger partial charge in [-0.25, -0.2) is 9.89 Å². The highest BCUT2D eigenvalue weighted by atomic mass is 32.2. The van der Waals surface area contributed by atoms with E-state index in [1.807, 2.05) is 6.92 Å². The largest absolute Gasteiger partial charge is 0.343 e. The molecular formula is C15H22N4OS. The van der Waals surface area contributed by atoms with Crippen molar-refractivity contribution >= 4 is 11.8 Å². The number of hydrogen-bond acceptors (Lipinski definition) is 4. The van der Waals surface area contributed by atoms with E-state index in [4.69, 9.17) is 0 Å². The summed E-state index contributed by atoms with van der Waals surface area (Å²) in [6.07, 6.45) is 1.06. The van der Waals surface area contributed by atoms with Gasteiger partial charge in [-0.05, 0) is 49.3 Å². The smallest absolute Gasteiger partial charge is 0.310 e. The van der Waals surface area contributed by atoms with E-state index in [0.29, 0.717) is 17.7 Å². The molecule has 0 aliphatic heterocycles. The molecule has 1 aromatic carbocycles. The lowest BCUT2D eigenvalue weighted by molar-refractivity contribution is 0.537. The van der Waals surface area contributed by atoms with Crippen molar-refractivity contribution in [3.63, 3.8) is 0 Å². The summed E-state index contributed by atoms with van der Waals surface area (Å²) in [5, 5.41) is 10.7. The molecule has 0 amide bonds. The van der Waals surface area contributed by atoms with E-state index in [1.54, 1.807) is 4.57 Å². The number of hydrogen-bond donors (Lipinski definition) is 2. The molecule has 114 valence electrons. The summed E-state index contributed by atoms with van der Waals surface area (Å²) in [5.41, 5.74) is 1.13. The molecule has 0 aliphatic rings. The Kier molecular flexibility index (Phi) is 5.64. The van der Waals surface area contributed by atoms with Crippen molar-refractivity contribution in [1.82, 2.24) is 20.1 Å². The summed E-state index contributed by atoms with van der Waals surface area (Å²) in [7, 11) is 0. The Labute approximate surface area is 129 Å². The van der Waals surface area contributed by atoms with E-state index in [9.17, 15) is 4.79 Å². The van der Waals surface area contributed by atoms with Crippen LogP contribution in [-0.2, 0) is 6.54 Å². The Bertz CT molecular complexity index is 617. The van der Waals surface area contributed by atoms with Gasteiger partial charge in [-0.3, -0.25) is 4.57 Å². The van der Waals surface area contributed by atoms with Gasteiger partial charge in [0.15, 0.2) is 5.16 Å². The highest BCUT2D eigenvalue weighted by Crippen LogP contribution is 2.27. The molecule has 0 aliphatic carbocycles. The molecule has 5 nitrogen and oxygen atoms in total. The zero-order valence-electron chi connectivity index (χ0n) is 12.7. The van der Waals surface area contributed by atoms with Crippen molar-refractivity contribution in [2.24, 2.45) is 0 Å². The first-order chi connectivity index (χ1) is 10.2. The molecule has 1 unspecified atom stereocenters. The quantitative estimate of drug-likeness (QED) is 0.825. The molecule has 2 aromatic rings. The molecule has 1 heterocycles. The number of aromatic nitrogens is 3. The Morgan fingerprint density at radius 3 is 2.57 bits per heavy atom. The summed E-state index contributed by atoms with van der Waals surface area (Å²) in [4.78, 5) is 12.6. The molecule has 6 heteroatoms. The van der Waals surface area contributed by atoms with Gasteiger partial charge in [0.05, 0.1) is 0 Å². The van der Waals surface area contributed by atoms with Crippen LogP contribution in [0.25, 0.3) is 0 Å². The van der Waals surface area contributed by atoms with Crippen LogP contribution in [0.15, 0.2) is 39.1 Å². The van der Waals surface area contributed by atoms with Gasteiger partial charge < -0.3 is 5.32 Å². The van der Waals surface area contributed by atoms with Crippen LogP contribution in [0.3, 0.4) is 0 Å². The first-order valence-corrected chi connectivity index (χ1v) is 8.17. The lowest BCUT2D eigenvalue weighted by atomic mass is 10.1. The van der Waals surface area contributed by atoms with Crippen LogP contribution >= 0.6 is 11.8 Å². The van der Waals surface area contributed by atoms with Crippen molar-refractivity contribution < 1.29 is 0 Å². The molecule has 0 saturated heterocycles. The molecule has 0 saturated carbocycles. The number of nitrogens with zero attached hydrogens (tertiary/aromatic N) is 2. The number of benzene rings is 1. The monoisotopic (exact) mass is 306 g/mol. The molecule has 0 bridgehead atoms. The Balaban J connectivity index is 2.13. The Morgan fingerprint density at radius 1 is 1.29 bits per heavy atom. The lowest BCUT2D eigenvalue weighted by Gasteiger charge is -2.16. The van der Waals surface area contributed by atoms with E-state index >= 15 is 0 Å². The molecule has 2 rings (SSSR count). The Hall–Kier alpha value is -1.53. The van der Waals surface area contributed by atoms with Crippen LogP contribution in [-0.4, -0.2) is 21.3 Å². The van der Waals surface area contributed by atoms with Crippen molar-refractivity contribution in [2.75, 3.05) is 6.54 Å². The molecule has 1 aromatic heterocycles. The second kappa shape index (κ2) is 7.47. The van der Waals surface area contributed by atoms with Gasteiger partial charge in [0.25, 0.3) is 0 Å². The van der Waals surface area contributed by atoms with Crippen molar-refractivity contribution in [1.29, 1.82) is 0 Å². The van der Waals surface area contributed by atoms with Gasteiger partial charge in [-0.15, -0.1) is 5.10 Å². The highest BCUT2D eigenvalue weighted by Gasteiger charge is 2.10. The van der Waals surface area contributed by atoms with E-state index in [-0.39, 0.29) is 5.69 Å². The summed E-state index contributed by atoms with van der Waals surface area (Å²) in [6.45, 7) is 7.82. The minimum Gasteiger partial charge on any atom is -0.310 e. The number of aromatic amines is 1. The van der Waals surface area contributed by atoms with Crippen LogP contribution in [0, 0.1) is 0 Å².